The Morgan fingerprint density at radius 3 is 2.30 bits per heavy atom. The molecule has 3 aromatic rings. The van der Waals surface area contributed by atoms with Crippen molar-refractivity contribution in [2.45, 2.75) is 25.7 Å². The Hall–Kier alpha value is -2.97. The average molecular weight is 384 g/mol. The van der Waals surface area contributed by atoms with Gasteiger partial charge in [0, 0.05) is 23.1 Å². The summed E-state index contributed by atoms with van der Waals surface area (Å²) in [6, 6.07) is 11.7. The summed E-state index contributed by atoms with van der Waals surface area (Å²) in [7, 11) is -3.86. The number of sulfonamides is 1. The molecule has 3 N–H and O–H groups in total. The van der Waals surface area contributed by atoms with E-state index < -0.39 is 10.0 Å². The third kappa shape index (κ3) is 3.91. The molecule has 27 heavy (non-hydrogen) atoms. The van der Waals surface area contributed by atoms with Gasteiger partial charge in [-0.25, -0.2) is 18.2 Å². The quantitative estimate of drug-likeness (QED) is 0.721. The van der Waals surface area contributed by atoms with Crippen LogP contribution in [0.1, 0.15) is 27.2 Å². The molecule has 1 amide bonds. The number of hydrogen-bond donors (Lipinski definition) is 2. The maximum Gasteiger partial charge on any atom is 0.255 e. The molecule has 2 aromatic carbocycles. The minimum absolute atomic E-state index is 0.0367. The SMILES string of the molecule is Cc1cc(S(N)(=O)=O)cc(NC(=O)c2ccc(-n3nccc3C)cc2)c1C. The topological polar surface area (TPSA) is 107 Å². The zero-order valence-electron chi connectivity index (χ0n) is 15.2. The Bertz CT molecular complexity index is 1120. The van der Waals surface area contributed by atoms with Crippen molar-refractivity contribution in [2.24, 2.45) is 5.14 Å². The van der Waals surface area contributed by atoms with Gasteiger partial charge in [-0.05, 0) is 74.4 Å². The van der Waals surface area contributed by atoms with E-state index in [2.05, 4.69) is 10.4 Å². The van der Waals surface area contributed by atoms with Gasteiger partial charge in [-0.3, -0.25) is 4.79 Å². The van der Waals surface area contributed by atoms with Crippen molar-refractivity contribution in [3.63, 3.8) is 0 Å². The van der Waals surface area contributed by atoms with Crippen LogP contribution in [0, 0.1) is 20.8 Å². The number of hydrogen-bond acceptors (Lipinski definition) is 4. The molecule has 140 valence electrons. The lowest BCUT2D eigenvalue weighted by Gasteiger charge is -2.13. The van der Waals surface area contributed by atoms with Crippen molar-refractivity contribution in [1.82, 2.24) is 9.78 Å². The Morgan fingerprint density at radius 2 is 1.74 bits per heavy atom. The van der Waals surface area contributed by atoms with Gasteiger partial charge in [-0.2, -0.15) is 5.10 Å². The van der Waals surface area contributed by atoms with E-state index in [-0.39, 0.29) is 10.8 Å². The molecule has 7 nitrogen and oxygen atoms in total. The number of aromatic nitrogens is 2. The van der Waals surface area contributed by atoms with E-state index in [4.69, 9.17) is 5.14 Å². The van der Waals surface area contributed by atoms with Crippen LogP contribution >= 0.6 is 0 Å². The van der Waals surface area contributed by atoms with E-state index >= 15 is 0 Å². The van der Waals surface area contributed by atoms with Crippen LogP contribution in [-0.4, -0.2) is 24.1 Å². The molecule has 0 saturated heterocycles. The molecule has 0 aliphatic heterocycles. The van der Waals surface area contributed by atoms with E-state index in [1.54, 1.807) is 49.0 Å². The molecular formula is C19H20N4O3S. The van der Waals surface area contributed by atoms with Crippen LogP contribution in [-0.2, 0) is 10.0 Å². The molecule has 0 bridgehead atoms. The zero-order valence-corrected chi connectivity index (χ0v) is 16.0. The summed E-state index contributed by atoms with van der Waals surface area (Å²) in [5.41, 5.74) is 4.19. The van der Waals surface area contributed by atoms with Crippen molar-refractivity contribution in [1.29, 1.82) is 0 Å². The van der Waals surface area contributed by atoms with Crippen molar-refractivity contribution in [2.75, 3.05) is 5.32 Å². The van der Waals surface area contributed by atoms with E-state index in [0.717, 1.165) is 22.5 Å². The van der Waals surface area contributed by atoms with Gasteiger partial charge in [-0.1, -0.05) is 0 Å². The number of amides is 1. The van der Waals surface area contributed by atoms with Crippen LogP contribution in [0.3, 0.4) is 0 Å². The van der Waals surface area contributed by atoms with Crippen LogP contribution in [0.4, 0.5) is 5.69 Å². The lowest BCUT2D eigenvalue weighted by atomic mass is 10.1. The number of benzene rings is 2. The second kappa shape index (κ2) is 6.98. The summed E-state index contributed by atoms with van der Waals surface area (Å²) in [6.07, 6.45) is 1.71. The Labute approximate surface area is 157 Å². The Kier molecular flexibility index (Phi) is 4.86. The number of rotatable bonds is 4. The first-order valence-electron chi connectivity index (χ1n) is 8.23. The van der Waals surface area contributed by atoms with Gasteiger partial charge in [0.25, 0.3) is 5.91 Å². The molecule has 0 aliphatic rings. The fourth-order valence-corrected chi connectivity index (χ4v) is 3.33. The number of nitrogens with zero attached hydrogens (tertiary/aromatic N) is 2. The average Bonchev–Trinajstić information content (AvgIpc) is 3.04. The molecule has 0 atom stereocenters. The minimum Gasteiger partial charge on any atom is -0.322 e. The lowest BCUT2D eigenvalue weighted by Crippen LogP contribution is -2.16. The first kappa shape index (κ1) is 18.8. The zero-order chi connectivity index (χ0) is 19.8. The van der Waals surface area contributed by atoms with Crippen molar-refractivity contribution in [3.05, 3.63) is 71.0 Å². The monoisotopic (exact) mass is 384 g/mol. The van der Waals surface area contributed by atoms with Crippen LogP contribution in [0.25, 0.3) is 5.69 Å². The molecule has 0 saturated carbocycles. The fraction of sp³-hybridized carbons (Fsp3) is 0.158. The highest BCUT2D eigenvalue weighted by Gasteiger charge is 2.15. The van der Waals surface area contributed by atoms with Crippen LogP contribution in [0.2, 0.25) is 0 Å². The highest BCUT2D eigenvalue weighted by atomic mass is 32.2. The number of anilines is 1. The number of carbonyl (C=O) groups is 1. The standard InChI is InChI=1S/C19H20N4O3S/c1-12-10-17(27(20,25)26)11-18(14(12)3)22-19(24)15-4-6-16(7-5-15)23-13(2)8-9-21-23/h4-11H,1-3H3,(H,22,24)(H2,20,25,26). The van der Waals surface area contributed by atoms with Gasteiger partial charge in [0.05, 0.1) is 10.6 Å². The summed E-state index contributed by atoms with van der Waals surface area (Å²) in [5, 5.41) is 12.2. The number of nitrogens with two attached hydrogens (primary N) is 1. The molecule has 1 heterocycles. The molecule has 1 aromatic heterocycles. The first-order chi connectivity index (χ1) is 12.7. The summed E-state index contributed by atoms with van der Waals surface area (Å²) >= 11 is 0. The molecule has 3 rings (SSSR count). The summed E-state index contributed by atoms with van der Waals surface area (Å²) in [5.74, 6) is -0.340. The Morgan fingerprint density at radius 1 is 1.07 bits per heavy atom. The van der Waals surface area contributed by atoms with Crippen molar-refractivity contribution >= 4 is 21.6 Å². The van der Waals surface area contributed by atoms with Crippen LogP contribution in [0.15, 0.2) is 53.6 Å². The third-order valence-corrected chi connectivity index (χ3v) is 5.32. The second-order valence-corrected chi connectivity index (χ2v) is 7.90. The van der Waals surface area contributed by atoms with E-state index in [9.17, 15) is 13.2 Å². The number of nitrogens with one attached hydrogen (secondary N) is 1. The maximum absolute atomic E-state index is 12.6. The highest BCUT2D eigenvalue weighted by Crippen LogP contribution is 2.24. The first-order valence-corrected chi connectivity index (χ1v) is 9.78. The van der Waals surface area contributed by atoms with Gasteiger partial charge < -0.3 is 5.32 Å². The highest BCUT2D eigenvalue weighted by molar-refractivity contribution is 7.89. The molecule has 0 radical (unpaired) electrons. The third-order valence-electron chi connectivity index (χ3n) is 4.42. The van der Waals surface area contributed by atoms with E-state index in [1.165, 1.54) is 12.1 Å². The number of aryl methyl sites for hydroxylation is 2. The summed E-state index contributed by atoms with van der Waals surface area (Å²) in [4.78, 5) is 12.6. The predicted octanol–water partition coefficient (Wildman–Crippen LogP) is 2.70. The molecule has 8 heteroatoms. The van der Waals surface area contributed by atoms with Gasteiger partial charge >= 0.3 is 0 Å². The Balaban J connectivity index is 1.88. The largest absolute Gasteiger partial charge is 0.322 e. The molecule has 0 aliphatic carbocycles. The fourth-order valence-electron chi connectivity index (χ4n) is 2.71. The minimum atomic E-state index is -3.86. The molecule has 0 fully saturated rings. The maximum atomic E-state index is 12.6. The van der Waals surface area contributed by atoms with Gasteiger partial charge in [0.2, 0.25) is 10.0 Å². The van der Waals surface area contributed by atoms with Crippen LogP contribution < -0.4 is 10.5 Å². The van der Waals surface area contributed by atoms with Gasteiger partial charge in [-0.15, -0.1) is 0 Å². The number of primary sulfonamides is 1. The van der Waals surface area contributed by atoms with Crippen LogP contribution in [0.5, 0.6) is 0 Å². The summed E-state index contributed by atoms with van der Waals surface area (Å²) < 4.78 is 25.0. The van der Waals surface area contributed by atoms with Gasteiger partial charge in [0.1, 0.15) is 0 Å². The lowest BCUT2D eigenvalue weighted by molar-refractivity contribution is 0.102. The van der Waals surface area contributed by atoms with E-state index in [1.807, 2.05) is 13.0 Å². The van der Waals surface area contributed by atoms with Crippen molar-refractivity contribution in [3.8, 4) is 5.69 Å². The smallest absolute Gasteiger partial charge is 0.255 e. The second-order valence-electron chi connectivity index (χ2n) is 6.34. The van der Waals surface area contributed by atoms with E-state index in [0.29, 0.717) is 11.3 Å². The molecular weight excluding hydrogens is 364 g/mol. The molecule has 0 spiro atoms. The molecule has 0 unspecified atom stereocenters. The predicted molar refractivity (Wildman–Crippen MR) is 104 cm³/mol. The normalized spacial score (nSPS) is 11.4. The number of carbonyl (C=O) groups excluding carboxylic acids is 1. The van der Waals surface area contributed by atoms with Crippen molar-refractivity contribution < 1.29 is 13.2 Å². The van der Waals surface area contributed by atoms with Gasteiger partial charge in [0.15, 0.2) is 0 Å². The summed E-state index contributed by atoms with van der Waals surface area (Å²) in [6.45, 7) is 5.51.